The number of nitrogens with zero attached hydrogens (tertiary/aromatic N) is 1. The summed E-state index contributed by atoms with van der Waals surface area (Å²) in [5, 5.41) is 3.80. The number of nitrogens with one attached hydrogen (secondary N) is 1. The molecule has 0 spiro atoms. The lowest BCUT2D eigenvalue weighted by molar-refractivity contribution is 0.0317. The highest BCUT2D eigenvalue weighted by atomic mass is 15.2. The fraction of sp³-hybridized carbons (Fsp3) is 1.00. The van der Waals surface area contributed by atoms with E-state index in [1.54, 1.807) is 0 Å². The van der Waals surface area contributed by atoms with Crippen LogP contribution in [0.25, 0.3) is 0 Å². The Morgan fingerprint density at radius 1 is 1.00 bits per heavy atom. The summed E-state index contributed by atoms with van der Waals surface area (Å²) < 4.78 is 0. The Morgan fingerprint density at radius 3 is 2.22 bits per heavy atom. The van der Waals surface area contributed by atoms with E-state index in [1.807, 2.05) is 0 Å². The van der Waals surface area contributed by atoms with Crippen molar-refractivity contribution in [2.75, 3.05) is 19.6 Å². The van der Waals surface area contributed by atoms with Crippen molar-refractivity contribution in [3.63, 3.8) is 0 Å². The van der Waals surface area contributed by atoms with Gasteiger partial charge in [-0.05, 0) is 52.1 Å². The Morgan fingerprint density at radius 2 is 1.61 bits per heavy atom. The SMILES string of the molecule is CCC(C)NCC1(N2CCCCC2)CCCCC1. The molecule has 2 rings (SSSR count). The van der Waals surface area contributed by atoms with E-state index in [4.69, 9.17) is 0 Å². The van der Waals surface area contributed by atoms with Gasteiger partial charge in [-0.25, -0.2) is 0 Å². The van der Waals surface area contributed by atoms with E-state index in [2.05, 4.69) is 24.1 Å². The second kappa shape index (κ2) is 6.91. The largest absolute Gasteiger partial charge is 0.312 e. The van der Waals surface area contributed by atoms with Crippen LogP contribution in [-0.2, 0) is 0 Å². The minimum absolute atomic E-state index is 0.502. The minimum atomic E-state index is 0.502. The molecule has 2 nitrogen and oxygen atoms in total. The van der Waals surface area contributed by atoms with Gasteiger partial charge >= 0.3 is 0 Å². The van der Waals surface area contributed by atoms with Crippen molar-refractivity contribution in [1.82, 2.24) is 10.2 Å². The van der Waals surface area contributed by atoms with Crippen molar-refractivity contribution in [2.24, 2.45) is 0 Å². The number of likely N-dealkylation sites (tertiary alicyclic amines) is 1. The van der Waals surface area contributed by atoms with Crippen molar-refractivity contribution < 1.29 is 0 Å². The molecule has 1 saturated carbocycles. The number of rotatable bonds is 5. The van der Waals surface area contributed by atoms with Crippen LogP contribution in [-0.4, -0.2) is 36.1 Å². The molecule has 1 unspecified atom stereocenters. The summed E-state index contributed by atoms with van der Waals surface area (Å²) in [5.41, 5.74) is 0.502. The van der Waals surface area contributed by atoms with Crippen LogP contribution in [0.2, 0.25) is 0 Å². The van der Waals surface area contributed by atoms with Gasteiger partial charge < -0.3 is 5.32 Å². The van der Waals surface area contributed by atoms with Crippen LogP contribution >= 0.6 is 0 Å². The lowest BCUT2D eigenvalue weighted by atomic mass is 9.79. The van der Waals surface area contributed by atoms with Gasteiger partial charge in [0.15, 0.2) is 0 Å². The molecule has 106 valence electrons. The zero-order valence-corrected chi connectivity index (χ0v) is 12.5. The summed E-state index contributed by atoms with van der Waals surface area (Å²) >= 11 is 0. The first-order chi connectivity index (χ1) is 8.77. The summed E-state index contributed by atoms with van der Waals surface area (Å²) in [6.45, 7) is 8.53. The number of hydrogen-bond acceptors (Lipinski definition) is 2. The Bertz CT molecular complexity index is 227. The topological polar surface area (TPSA) is 15.3 Å². The van der Waals surface area contributed by atoms with Crippen LogP contribution < -0.4 is 5.32 Å². The maximum Gasteiger partial charge on any atom is 0.0334 e. The van der Waals surface area contributed by atoms with Crippen LogP contribution in [0.3, 0.4) is 0 Å². The highest BCUT2D eigenvalue weighted by Crippen LogP contribution is 2.35. The second-order valence-corrected chi connectivity index (χ2v) is 6.52. The van der Waals surface area contributed by atoms with Gasteiger partial charge in [-0.1, -0.05) is 32.6 Å². The van der Waals surface area contributed by atoms with Crippen LogP contribution in [0.5, 0.6) is 0 Å². The molecular weight excluding hydrogens is 220 g/mol. The molecule has 1 heterocycles. The highest BCUT2D eigenvalue weighted by Gasteiger charge is 2.38. The van der Waals surface area contributed by atoms with E-state index >= 15 is 0 Å². The van der Waals surface area contributed by atoms with Crippen LogP contribution in [0.4, 0.5) is 0 Å². The van der Waals surface area contributed by atoms with Gasteiger partial charge in [0.1, 0.15) is 0 Å². The summed E-state index contributed by atoms with van der Waals surface area (Å²) in [7, 11) is 0. The Hall–Kier alpha value is -0.0800. The summed E-state index contributed by atoms with van der Waals surface area (Å²) in [4.78, 5) is 2.84. The maximum absolute atomic E-state index is 3.80. The maximum atomic E-state index is 3.80. The van der Waals surface area contributed by atoms with Gasteiger partial charge in [-0.2, -0.15) is 0 Å². The van der Waals surface area contributed by atoms with E-state index in [0.29, 0.717) is 11.6 Å². The summed E-state index contributed by atoms with van der Waals surface area (Å²) in [6.07, 6.45) is 12.7. The molecule has 1 saturated heterocycles. The number of hydrogen-bond donors (Lipinski definition) is 1. The van der Waals surface area contributed by atoms with Crippen molar-refractivity contribution in [1.29, 1.82) is 0 Å². The van der Waals surface area contributed by atoms with E-state index in [-0.39, 0.29) is 0 Å². The van der Waals surface area contributed by atoms with Crippen LogP contribution in [0.1, 0.15) is 71.6 Å². The van der Waals surface area contributed by atoms with Gasteiger partial charge in [0.2, 0.25) is 0 Å². The van der Waals surface area contributed by atoms with E-state index in [1.165, 1.54) is 77.4 Å². The smallest absolute Gasteiger partial charge is 0.0334 e. The van der Waals surface area contributed by atoms with Crippen molar-refractivity contribution in [3.05, 3.63) is 0 Å². The third-order valence-corrected chi connectivity index (χ3v) is 5.20. The predicted octanol–water partition coefficient (Wildman–Crippen LogP) is 3.56. The van der Waals surface area contributed by atoms with Gasteiger partial charge in [0.25, 0.3) is 0 Å². The Balaban J connectivity index is 1.97. The Labute approximate surface area is 114 Å². The van der Waals surface area contributed by atoms with E-state index in [0.717, 1.165) is 0 Å². The predicted molar refractivity (Wildman–Crippen MR) is 79.0 cm³/mol. The van der Waals surface area contributed by atoms with Crippen molar-refractivity contribution in [2.45, 2.75) is 83.2 Å². The lowest BCUT2D eigenvalue weighted by Crippen LogP contribution is -2.58. The molecule has 2 fully saturated rings. The lowest BCUT2D eigenvalue weighted by Gasteiger charge is -2.49. The molecule has 1 aliphatic carbocycles. The molecule has 0 aromatic heterocycles. The van der Waals surface area contributed by atoms with Crippen LogP contribution in [0.15, 0.2) is 0 Å². The van der Waals surface area contributed by atoms with E-state index in [9.17, 15) is 0 Å². The normalized spacial score (nSPS) is 27.0. The fourth-order valence-electron chi connectivity index (χ4n) is 3.69. The molecule has 0 aromatic rings. The van der Waals surface area contributed by atoms with Gasteiger partial charge in [0, 0.05) is 18.1 Å². The number of piperidine rings is 1. The first-order valence-corrected chi connectivity index (χ1v) is 8.25. The second-order valence-electron chi connectivity index (χ2n) is 6.52. The molecule has 0 radical (unpaired) electrons. The van der Waals surface area contributed by atoms with Crippen molar-refractivity contribution >= 4 is 0 Å². The van der Waals surface area contributed by atoms with Crippen LogP contribution in [0, 0.1) is 0 Å². The zero-order chi connectivity index (χ0) is 12.8. The molecule has 0 amide bonds. The molecule has 0 bridgehead atoms. The van der Waals surface area contributed by atoms with E-state index < -0.39 is 0 Å². The highest BCUT2D eigenvalue weighted by molar-refractivity contribution is 4.96. The van der Waals surface area contributed by atoms with Gasteiger partial charge in [-0.15, -0.1) is 0 Å². The van der Waals surface area contributed by atoms with Gasteiger partial charge in [-0.3, -0.25) is 4.90 Å². The molecular formula is C16H32N2. The third-order valence-electron chi connectivity index (χ3n) is 5.20. The molecule has 1 N–H and O–H groups in total. The molecule has 0 aromatic carbocycles. The molecule has 2 heteroatoms. The summed E-state index contributed by atoms with van der Waals surface area (Å²) in [6, 6.07) is 0.675. The zero-order valence-electron chi connectivity index (χ0n) is 12.5. The summed E-state index contributed by atoms with van der Waals surface area (Å²) in [5.74, 6) is 0. The quantitative estimate of drug-likeness (QED) is 0.805. The molecule has 1 atom stereocenters. The molecule has 2 aliphatic rings. The van der Waals surface area contributed by atoms with Gasteiger partial charge in [0.05, 0.1) is 0 Å². The first-order valence-electron chi connectivity index (χ1n) is 8.25. The third kappa shape index (κ3) is 3.48. The average Bonchev–Trinajstić information content (AvgIpc) is 2.46. The average molecular weight is 252 g/mol. The van der Waals surface area contributed by atoms with Crippen molar-refractivity contribution in [3.8, 4) is 0 Å². The molecule has 18 heavy (non-hydrogen) atoms. The minimum Gasteiger partial charge on any atom is -0.312 e. The fourth-order valence-corrected chi connectivity index (χ4v) is 3.69. The monoisotopic (exact) mass is 252 g/mol. The Kier molecular flexibility index (Phi) is 5.50. The first kappa shape index (κ1) is 14.3. The molecule has 1 aliphatic heterocycles. The standard InChI is InChI=1S/C16H32N2/c1-3-15(2)17-14-16(10-6-4-7-11-16)18-12-8-5-9-13-18/h15,17H,3-14H2,1-2H3.